The highest BCUT2D eigenvalue weighted by atomic mass is 19.3. The Morgan fingerprint density at radius 1 is 1.57 bits per heavy atom. The molecule has 0 fully saturated rings. The molecule has 1 heterocycles. The van der Waals surface area contributed by atoms with Gasteiger partial charge in [-0.05, 0) is 0 Å². The predicted octanol–water partition coefficient (Wildman–Crippen LogP) is 1.74. The van der Waals surface area contributed by atoms with Gasteiger partial charge in [0.15, 0.2) is 6.29 Å². The highest BCUT2D eigenvalue weighted by Gasteiger charge is 2.18. The number of rotatable bonds is 3. The van der Waals surface area contributed by atoms with Crippen LogP contribution in [0.3, 0.4) is 0 Å². The van der Waals surface area contributed by atoms with Gasteiger partial charge in [-0.25, -0.2) is 13.8 Å². The van der Waals surface area contributed by atoms with E-state index in [4.69, 9.17) is 0 Å². The smallest absolute Gasteiger partial charge is 0.288 e. The highest BCUT2D eigenvalue weighted by Crippen LogP contribution is 2.24. The molecule has 1 rings (SSSR count). The number of carbonyl (C=O) groups excluding carboxylic acids is 1. The summed E-state index contributed by atoms with van der Waals surface area (Å²) in [6.07, 6.45) is -2.07. The van der Waals surface area contributed by atoms with E-state index >= 15 is 0 Å². The van der Waals surface area contributed by atoms with Crippen molar-refractivity contribution in [1.82, 2.24) is 4.98 Å². The number of nitrogens with zero attached hydrogens (tertiary/aromatic N) is 2. The standard InChI is InChI=1S/C7H4F2N2O3/c8-7(9)5-1-4(11(13)14)2-10-6(5)3-12/h1-3,7H. The molecule has 5 nitrogen and oxygen atoms in total. The van der Waals surface area contributed by atoms with Gasteiger partial charge in [0.05, 0.1) is 10.5 Å². The number of hydrogen-bond acceptors (Lipinski definition) is 4. The first-order chi connectivity index (χ1) is 6.56. The van der Waals surface area contributed by atoms with E-state index in [0.717, 1.165) is 6.20 Å². The van der Waals surface area contributed by atoms with Crippen molar-refractivity contribution in [3.8, 4) is 0 Å². The number of nitro groups is 1. The minimum absolute atomic E-state index is 0.130. The lowest BCUT2D eigenvalue weighted by Gasteiger charge is -2.01. The van der Waals surface area contributed by atoms with E-state index in [1.165, 1.54) is 0 Å². The molecule has 0 radical (unpaired) electrons. The van der Waals surface area contributed by atoms with Gasteiger partial charge < -0.3 is 0 Å². The second-order valence-electron chi connectivity index (χ2n) is 2.34. The zero-order chi connectivity index (χ0) is 10.7. The molecular weight excluding hydrogens is 198 g/mol. The van der Waals surface area contributed by atoms with E-state index in [-0.39, 0.29) is 6.29 Å². The van der Waals surface area contributed by atoms with Crippen LogP contribution in [0.2, 0.25) is 0 Å². The first-order valence-corrected chi connectivity index (χ1v) is 3.44. The van der Waals surface area contributed by atoms with Gasteiger partial charge in [-0.15, -0.1) is 0 Å². The number of carbonyl (C=O) groups is 1. The molecule has 74 valence electrons. The van der Waals surface area contributed by atoms with Gasteiger partial charge in [0.1, 0.15) is 11.9 Å². The number of alkyl halides is 2. The normalized spacial score (nSPS) is 10.2. The summed E-state index contributed by atoms with van der Waals surface area (Å²) >= 11 is 0. The predicted molar refractivity (Wildman–Crippen MR) is 41.2 cm³/mol. The molecule has 0 amide bonds. The Morgan fingerprint density at radius 3 is 2.64 bits per heavy atom. The van der Waals surface area contributed by atoms with Crippen molar-refractivity contribution in [1.29, 1.82) is 0 Å². The van der Waals surface area contributed by atoms with Gasteiger partial charge in [-0.1, -0.05) is 0 Å². The van der Waals surface area contributed by atoms with E-state index in [1.807, 2.05) is 0 Å². The molecule has 0 saturated heterocycles. The van der Waals surface area contributed by atoms with E-state index < -0.39 is 28.3 Å². The maximum Gasteiger partial charge on any atom is 0.288 e. The van der Waals surface area contributed by atoms with Crippen molar-refractivity contribution in [3.63, 3.8) is 0 Å². The molecule has 0 aliphatic heterocycles. The Morgan fingerprint density at radius 2 is 2.21 bits per heavy atom. The number of halogens is 2. The largest absolute Gasteiger partial charge is 0.296 e. The molecule has 0 N–H and O–H groups in total. The average Bonchev–Trinajstić information content (AvgIpc) is 2.16. The van der Waals surface area contributed by atoms with Crippen molar-refractivity contribution in [3.05, 3.63) is 33.6 Å². The first kappa shape index (κ1) is 10.2. The maximum absolute atomic E-state index is 12.2. The molecule has 0 aromatic carbocycles. The Labute approximate surface area is 76.5 Å². The van der Waals surface area contributed by atoms with E-state index in [0.29, 0.717) is 6.07 Å². The molecule has 1 aromatic heterocycles. The summed E-state index contributed by atoms with van der Waals surface area (Å²) in [5.41, 5.74) is -1.77. The molecule has 1 aromatic rings. The number of hydrogen-bond donors (Lipinski definition) is 0. The van der Waals surface area contributed by atoms with Crippen LogP contribution in [0.25, 0.3) is 0 Å². The second kappa shape index (κ2) is 3.86. The van der Waals surface area contributed by atoms with Crippen LogP contribution in [0.5, 0.6) is 0 Å². The molecule has 14 heavy (non-hydrogen) atoms. The third-order valence-electron chi connectivity index (χ3n) is 1.49. The van der Waals surface area contributed by atoms with Crippen molar-refractivity contribution >= 4 is 12.0 Å². The summed E-state index contributed by atoms with van der Waals surface area (Å²) in [5.74, 6) is 0. The van der Waals surface area contributed by atoms with Crippen LogP contribution in [0, 0.1) is 10.1 Å². The summed E-state index contributed by atoms with van der Waals surface area (Å²) in [4.78, 5) is 22.9. The number of aldehydes is 1. The average molecular weight is 202 g/mol. The maximum atomic E-state index is 12.2. The third-order valence-corrected chi connectivity index (χ3v) is 1.49. The zero-order valence-corrected chi connectivity index (χ0v) is 6.68. The number of aromatic nitrogens is 1. The minimum Gasteiger partial charge on any atom is -0.296 e. The molecule has 0 spiro atoms. The van der Waals surface area contributed by atoms with Gasteiger partial charge in [-0.3, -0.25) is 14.9 Å². The van der Waals surface area contributed by atoms with Crippen LogP contribution in [0.4, 0.5) is 14.5 Å². The van der Waals surface area contributed by atoms with Crippen LogP contribution in [0.15, 0.2) is 12.3 Å². The summed E-state index contributed by atoms with van der Waals surface area (Å²) in [7, 11) is 0. The fourth-order valence-electron chi connectivity index (χ4n) is 0.854. The van der Waals surface area contributed by atoms with Crippen molar-refractivity contribution in [2.24, 2.45) is 0 Å². The highest BCUT2D eigenvalue weighted by molar-refractivity contribution is 5.74. The summed E-state index contributed by atoms with van der Waals surface area (Å²) in [5, 5.41) is 10.2. The molecule has 0 atom stereocenters. The van der Waals surface area contributed by atoms with Gasteiger partial charge in [-0.2, -0.15) is 0 Å². The lowest BCUT2D eigenvalue weighted by molar-refractivity contribution is -0.385. The first-order valence-electron chi connectivity index (χ1n) is 3.44. The van der Waals surface area contributed by atoms with Crippen LogP contribution in [0.1, 0.15) is 22.5 Å². The fraction of sp³-hybridized carbons (Fsp3) is 0.143. The van der Waals surface area contributed by atoms with E-state index in [9.17, 15) is 23.7 Å². The molecule has 0 saturated carbocycles. The lowest BCUT2D eigenvalue weighted by atomic mass is 10.2. The third kappa shape index (κ3) is 1.87. The van der Waals surface area contributed by atoms with E-state index in [2.05, 4.69) is 4.98 Å². The second-order valence-corrected chi connectivity index (χ2v) is 2.34. The lowest BCUT2D eigenvalue weighted by Crippen LogP contribution is -1.99. The topological polar surface area (TPSA) is 73.1 Å². The van der Waals surface area contributed by atoms with Crippen molar-refractivity contribution in [2.45, 2.75) is 6.43 Å². The molecule has 0 aliphatic rings. The Hall–Kier alpha value is -1.92. The van der Waals surface area contributed by atoms with Crippen LogP contribution < -0.4 is 0 Å². The Balaban J connectivity index is 3.27. The minimum atomic E-state index is -2.96. The molecule has 7 heteroatoms. The molecular formula is C7H4F2N2O3. The summed E-state index contributed by atoms with van der Waals surface area (Å²) in [6.45, 7) is 0. The van der Waals surface area contributed by atoms with Crippen LogP contribution in [-0.4, -0.2) is 16.2 Å². The van der Waals surface area contributed by atoms with E-state index in [1.54, 1.807) is 0 Å². The Bertz CT molecular complexity index is 381. The van der Waals surface area contributed by atoms with Crippen molar-refractivity contribution in [2.75, 3.05) is 0 Å². The molecule has 0 aliphatic carbocycles. The SMILES string of the molecule is O=Cc1ncc([N+](=O)[O-])cc1C(F)F. The van der Waals surface area contributed by atoms with Gasteiger partial charge in [0.2, 0.25) is 0 Å². The Kier molecular flexibility index (Phi) is 2.80. The van der Waals surface area contributed by atoms with Gasteiger partial charge in [0.25, 0.3) is 12.1 Å². The van der Waals surface area contributed by atoms with Crippen LogP contribution in [-0.2, 0) is 0 Å². The summed E-state index contributed by atoms with van der Waals surface area (Å²) in [6, 6.07) is 0.640. The molecule has 0 bridgehead atoms. The zero-order valence-electron chi connectivity index (χ0n) is 6.68. The number of pyridine rings is 1. The van der Waals surface area contributed by atoms with Crippen molar-refractivity contribution < 1.29 is 18.5 Å². The fourth-order valence-corrected chi connectivity index (χ4v) is 0.854. The summed E-state index contributed by atoms with van der Waals surface area (Å²) < 4.78 is 24.5. The monoisotopic (exact) mass is 202 g/mol. The van der Waals surface area contributed by atoms with Crippen LogP contribution >= 0.6 is 0 Å². The van der Waals surface area contributed by atoms with Gasteiger partial charge >= 0.3 is 0 Å². The molecule has 0 unspecified atom stereocenters. The van der Waals surface area contributed by atoms with Gasteiger partial charge in [0, 0.05) is 6.07 Å². The quantitative estimate of drug-likeness (QED) is 0.425.